The number of carbonyl (C=O) groups is 3. The first kappa shape index (κ1) is 19.0. The van der Waals surface area contributed by atoms with Gasteiger partial charge in [0.05, 0.1) is 23.9 Å². The van der Waals surface area contributed by atoms with Gasteiger partial charge in [-0.15, -0.1) is 0 Å². The Hall–Kier alpha value is -3.35. The molecule has 1 unspecified atom stereocenters. The van der Waals surface area contributed by atoms with E-state index < -0.39 is 5.97 Å². The highest BCUT2D eigenvalue weighted by Crippen LogP contribution is 2.36. The van der Waals surface area contributed by atoms with Crippen molar-refractivity contribution in [2.45, 2.75) is 25.9 Å². The number of hydrogen-bond donors (Lipinski definition) is 1. The zero-order valence-corrected chi connectivity index (χ0v) is 16.5. The van der Waals surface area contributed by atoms with Gasteiger partial charge in [-0.3, -0.25) is 9.59 Å². The lowest BCUT2D eigenvalue weighted by atomic mass is 10.0. The number of amides is 2. The highest BCUT2D eigenvalue weighted by Gasteiger charge is 2.39. The molecule has 1 atom stereocenters. The Labute approximate surface area is 169 Å². The van der Waals surface area contributed by atoms with E-state index in [0.29, 0.717) is 22.4 Å². The van der Waals surface area contributed by atoms with Crippen LogP contribution in [0.3, 0.4) is 0 Å². The maximum absolute atomic E-state index is 12.8. The molecule has 2 amide bonds. The van der Waals surface area contributed by atoms with Gasteiger partial charge in [-0.25, -0.2) is 4.79 Å². The van der Waals surface area contributed by atoms with Gasteiger partial charge in [-0.2, -0.15) is 0 Å². The fourth-order valence-corrected chi connectivity index (χ4v) is 4.11. The van der Waals surface area contributed by atoms with E-state index in [1.165, 1.54) is 7.11 Å². The number of methoxy groups -OCH3 is 1. The first-order valence-electron chi connectivity index (χ1n) is 9.75. The number of ether oxygens (including phenoxy) is 1. The number of fused-ring (bicyclic) bond motifs is 2. The van der Waals surface area contributed by atoms with Crippen LogP contribution < -0.4 is 10.2 Å². The lowest BCUT2D eigenvalue weighted by Gasteiger charge is -2.41. The van der Waals surface area contributed by atoms with Gasteiger partial charge in [0.1, 0.15) is 6.17 Å². The summed E-state index contributed by atoms with van der Waals surface area (Å²) in [6.07, 6.45) is 2.02. The Morgan fingerprint density at radius 1 is 1.14 bits per heavy atom. The number of esters is 1. The molecule has 0 aromatic heterocycles. The van der Waals surface area contributed by atoms with E-state index in [-0.39, 0.29) is 18.0 Å². The van der Waals surface area contributed by atoms with Gasteiger partial charge in [0.25, 0.3) is 11.8 Å². The summed E-state index contributed by atoms with van der Waals surface area (Å²) in [6.45, 7) is 3.61. The quantitative estimate of drug-likeness (QED) is 0.808. The molecule has 2 aromatic carbocycles. The van der Waals surface area contributed by atoms with Crippen LogP contribution in [-0.4, -0.2) is 49.0 Å². The van der Waals surface area contributed by atoms with Crippen molar-refractivity contribution in [2.24, 2.45) is 0 Å². The van der Waals surface area contributed by atoms with Crippen molar-refractivity contribution >= 4 is 29.2 Å². The SMILES string of the molecule is CCN1c2cc(C(=O)Nc3ccc(C(=O)OC)cc3)ccc2C(=O)N2CCCC21. The fraction of sp³-hybridized carbons (Fsp3) is 0.318. The smallest absolute Gasteiger partial charge is 0.337 e. The standard InChI is InChI=1S/C22H23N3O4/c1-3-24-18-13-15(8-11-17(18)21(27)25-12-4-5-19(24)25)20(26)23-16-9-6-14(7-10-16)22(28)29-2/h6-11,13,19H,3-5,12H2,1-2H3,(H,23,26). The van der Waals surface area contributed by atoms with Gasteiger partial charge in [0.2, 0.25) is 0 Å². The Kier molecular flexibility index (Phi) is 4.96. The molecule has 2 aliphatic rings. The number of carbonyl (C=O) groups excluding carboxylic acids is 3. The van der Waals surface area contributed by atoms with Gasteiger partial charge >= 0.3 is 5.97 Å². The van der Waals surface area contributed by atoms with E-state index in [0.717, 1.165) is 31.6 Å². The largest absolute Gasteiger partial charge is 0.465 e. The van der Waals surface area contributed by atoms with Gasteiger partial charge in [0.15, 0.2) is 0 Å². The lowest BCUT2D eigenvalue weighted by molar-refractivity contribution is 0.0600. The van der Waals surface area contributed by atoms with Crippen molar-refractivity contribution in [3.63, 3.8) is 0 Å². The minimum Gasteiger partial charge on any atom is -0.465 e. The van der Waals surface area contributed by atoms with Crippen LogP contribution in [0.4, 0.5) is 11.4 Å². The molecule has 0 aliphatic carbocycles. The summed E-state index contributed by atoms with van der Waals surface area (Å²) in [6, 6.07) is 11.7. The van der Waals surface area contributed by atoms with Crippen molar-refractivity contribution in [1.82, 2.24) is 4.90 Å². The summed E-state index contributed by atoms with van der Waals surface area (Å²) in [7, 11) is 1.32. The predicted molar refractivity (Wildman–Crippen MR) is 109 cm³/mol. The van der Waals surface area contributed by atoms with Crippen LogP contribution in [0.1, 0.15) is 50.8 Å². The molecule has 7 nitrogen and oxygen atoms in total. The number of benzene rings is 2. The summed E-state index contributed by atoms with van der Waals surface area (Å²) in [5, 5.41) is 2.83. The number of anilines is 2. The monoisotopic (exact) mass is 393 g/mol. The molecule has 1 N–H and O–H groups in total. The topological polar surface area (TPSA) is 79.0 Å². The molecule has 0 bridgehead atoms. The summed E-state index contributed by atoms with van der Waals surface area (Å²) in [4.78, 5) is 41.2. The third-order valence-corrected chi connectivity index (χ3v) is 5.55. The second-order valence-electron chi connectivity index (χ2n) is 7.16. The molecular formula is C22H23N3O4. The van der Waals surface area contributed by atoms with Crippen molar-refractivity contribution in [3.8, 4) is 0 Å². The second-order valence-corrected chi connectivity index (χ2v) is 7.16. The summed E-state index contributed by atoms with van der Waals surface area (Å²) >= 11 is 0. The van der Waals surface area contributed by atoms with E-state index in [9.17, 15) is 14.4 Å². The molecule has 1 saturated heterocycles. The lowest BCUT2D eigenvalue weighted by Crippen LogP contribution is -2.52. The molecule has 2 aromatic rings. The van der Waals surface area contributed by atoms with Crippen LogP contribution >= 0.6 is 0 Å². The summed E-state index contributed by atoms with van der Waals surface area (Å²) in [5.41, 5.74) is 2.93. The number of nitrogens with one attached hydrogen (secondary N) is 1. The van der Waals surface area contributed by atoms with Crippen molar-refractivity contribution in [1.29, 1.82) is 0 Å². The summed E-state index contributed by atoms with van der Waals surface area (Å²) < 4.78 is 4.68. The van der Waals surface area contributed by atoms with Crippen LogP contribution in [0.15, 0.2) is 42.5 Å². The van der Waals surface area contributed by atoms with E-state index in [1.54, 1.807) is 42.5 Å². The Morgan fingerprint density at radius 2 is 1.86 bits per heavy atom. The van der Waals surface area contributed by atoms with Crippen LogP contribution in [-0.2, 0) is 4.74 Å². The molecule has 2 heterocycles. The van der Waals surface area contributed by atoms with E-state index in [4.69, 9.17) is 0 Å². The predicted octanol–water partition coefficient (Wildman–Crippen LogP) is 3.13. The molecule has 150 valence electrons. The molecule has 7 heteroatoms. The maximum Gasteiger partial charge on any atom is 0.337 e. The maximum atomic E-state index is 12.8. The Morgan fingerprint density at radius 3 is 2.55 bits per heavy atom. The minimum atomic E-state index is -0.428. The van der Waals surface area contributed by atoms with Gasteiger partial charge in [-0.1, -0.05) is 0 Å². The second kappa shape index (κ2) is 7.58. The molecular weight excluding hydrogens is 370 g/mol. The average molecular weight is 393 g/mol. The molecule has 4 rings (SSSR count). The van der Waals surface area contributed by atoms with Crippen molar-refractivity contribution in [2.75, 3.05) is 30.4 Å². The number of rotatable bonds is 4. The molecule has 2 aliphatic heterocycles. The molecule has 0 spiro atoms. The first-order valence-corrected chi connectivity index (χ1v) is 9.75. The summed E-state index contributed by atoms with van der Waals surface area (Å²) in [5.74, 6) is -0.656. The Balaban J connectivity index is 1.58. The zero-order valence-electron chi connectivity index (χ0n) is 16.5. The van der Waals surface area contributed by atoms with Gasteiger partial charge < -0.3 is 19.9 Å². The minimum absolute atomic E-state index is 0.0394. The number of hydrogen-bond acceptors (Lipinski definition) is 5. The van der Waals surface area contributed by atoms with E-state index >= 15 is 0 Å². The van der Waals surface area contributed by atoms with Gasteiger partial charge in [0, 0.05) is 24.3 Å². The molecule has 0 radical (unpaired) electrons. The van der Waals surface area contributed by atoms with Crippen molar-refractivity contribution in [3.05, 3.63) is 59.2 Å². The fourth-order valence-electron chi connectivity index (χ4n) is 4.11. The highest BCUT2D eigenvalue weighted by atomic mass is 16.5. The highest BCUT2D eigenvalue weighted by molar-refractivity contribution is 6.08. The van der Waals surface area contributed by atoms with E-state index in [2.05, 4.69) is 21.9 Å². The zero-order chi connectivity index (χ0) is 20.5. The number of nitrogens with zero attached hydrogens (tertiary/aromatic N) is 2. The van der Waals surface area contributed by atoms with E-state index in [1.807, 2.05) is 4.90 Å². The van der Waals surface area contributed by atoms with Crippen LogP contribution in [0.5, 0.6) is 0 Å². The molecule has 0 saturated carbocycles. The third kappa shape index (κ3) is 3.33. The van der Waals surface area contributed by atoms with Crippen LogP contribution in [0.2, 0.25) is 0 Å². The van der Waals surface area contributed by atoms with Crippen LogP contribution in [0, 0.1) is 0 Å². The molecule has 29 heavy (non-hydrogen) atoms. The van der Waals surface area contributed by atoms with Crippen LogP contribution in [0.25, 0.3) is 0 Å². The van der Waals surface area contributed by atoms with Gasteiger partial charge in [-0.05, 0) is 62.2 Å². The van der Waals surface area contributed by atoms with Crippen molar-refractivity contribution < 1.29 is 19.1 Å². The average Bonchev–Trinajstić information content (AvgIpc) is 3.24. The first-order chi connectivity index (χ1) is 14.0. The molecule has 1 fully saturated rings. The normalized spacial score (nSPS) is 17.6. The Bertz CT molecular complexity index is 971. The third-order valence-electron chi connectivity index (χ3n) is 5.55.